The zero-order chi connectivity index (χ0) is 24.4. The number of benzene rings is 2. The van der Waals surface area contributed by atoms with Gasteiger partial charge in [-0.15, -0.1) is 0 Å². The molecule has 1 unspecified atom stereocenters. The summed E-state index contributed by atoms with van der Waals surface area (Å²) in [4.78, 5) is 8.34. The summed E-state index contributed by atoms with van der Waals surface area (Å²) in [6, 6.07) is 8.60. The second-order valence-electron chi connectivity index (χ2n) is 7.14. The fraction of sp³-hybridized carbons (Fsp3) is 0.273. The maximum atomic E-state index is 14.2. The number of halogens is 8. The average molecular weight is 490 g/mol. The molecule has 0 amide bonds. The first-order valence-electron chi connectivity index (χ1n) is 9.42. The van der Waals surface area contributed by atoms with Crippen LogP contribution in [0.5, 0.6) is 0 Å². The Kier molecular flexibility index (Phi) is 6.75. The molecule has 0 saturated heterocycles. The SMILES string of the molecule is CC(CC#Cc1ccc(C(F)(C(F)(F)F)C(F)(F)F)cc1Cl)Nc1ncnc2ccccc12. The lowest BCUT2D eigenvalue weighted by Crippen LogP contribution is -2.50. The molecule has 1 aromatic heterocycles. The Morgan fingerprint density at radius 3 is 2.27 bits per heavy atom. The van der Waals surface area contributed by atoms with Gasteiger partial charge in [-0.25, -0.2) is 14.4 Å². The lowest BCUT2D eigenvalue weighted by Gasteiger charge is -2.30. The third-order valence-corrected chi connectivity index (χ3v) is 5.02. The van der Waals surface area contributed by atoms with Gasteiger partial charge in [0.05, 0.1) is 10.5 Å². The summed E-state index contributed by atoms with van der Waals surface area (Å²) in [5.41, 5.74) is -6.51. The molecule has 1 N–H and O–H groups in total. The third-order valence-electron chi connectivity index (χ3n) is 4.71. The quantitative estimate of drug-likeness (QED) is 0.323. The highest BCUT2D eigenvalue weighted by molar-refractivity contribution is 6.31. The van der Waals surface area contributed by atoms with Gasteiger partial charge in [0.15, 0.2) is 0 Å². The first-order chi connectivity index (χ1) is 15.3. The van der Waals surface area contributed by atoms with E-state index in [0.29, 0.717) is 18.0 Å². The second kappa shape index (κ2) is 9.06. The summed E-state index contributed by atoms with van der Waals surface area (Å²) >= 11 is 5.81. The maximum Gasteiger partial charge on any atom is 0.435 e. The van der Waals surface area contributed by atoms with Crippen LogP contribution in [-0.4, -0.2) is 28.4 Å². The Morgan fingerprint density at radius 1 is 0.970 bits per heavy atom. The van der Waals surface area contributed by atoms with Crippen LogP contribution in [0.15, 0.2) is 48.8 Å². The molecule has 11 heteroatoms. The highest BCUT2D eigenvalue weighted by Gasteiger charge is 2.73. The van der Waals surface area contributed by atoms with Crippen LogP contribution in [0.2, 0.25) is 5.02 Å². The van der Waals surface area contributed by atoms with E-state index in [1.165, 1.54) is 6.33 Å². The minimum absolute atomic E-state index is 0.0354. The van der Waals surface area contributed by atoms with Crippen molar-refractivity contribution in [3.63, 3.8) is 0 Å². The lowest BCUT2D eigenvalue weighted by molar-refractivity contribution is -0.348. The highest BCUT2D eigenvalue weighted by Crippen LogP contribution is 2.53. The van der Waals surface area contributed by atoms with E-state index in [-0.39, 0.29) is 18.0 Å². The van der Waals surface area contributed by atoms with Crippen molar-refractivity contribution in [2.45, 2.75) is 37.4 Å². The van der Waals surface area contributed by atoms with E-state index in [1.54, 1.807) is 6.92 Å². The van der Waals surface area contributed by atoms with Gasteiger partial charge >= 0.3 is 18.0 Å². The smallest absolute Gasteiger partial charge is 0.366 e. The van der Waals surface area contributed by atoms with Gasteiger partial charge in [-0.1, -0.05) is 41.6 Å². The Bertz CT molecular complexity index is 1190. The Balaban J connectivity index is 1.77. The van der Waals surface area contributed by atoms with Gasteiger partial charge in [-0.05, 0) is 31.2 Å². The highest BCUT2D eigenvalue weighted by atomic mass is 35.5. The molecule has 1 atom stereocenters. The number of nitrogens with zero attached hydrogens (tertiary/aromatic N) is 2. The first kappa shape index (κ1) is 24.6. The fourth-order valence-electron chi connectivity index (χ4n) is 3.02. The molecule has 0 aliphatic carbocycles. The normalized spacial score (nSPS) is 13.4. The number of hydrogen-bond acceptors (Lipinski definition) is 3. The van der Waals surface area contributed by atoms with Crippen LogP contribution in [0.1, 0.15) is 24.5 Å². The predicted octanol–water partition coefficient (Wildman–Crippen LogP) is 6.81. The molecule has 0 fully saturated rings. The fourth-order valence-corrected chi connectivity index (χ4v) is 3.25. The molecular formula is C22H15ClF7N3. The molecule has 3 rings (SSSR count). The van der Waals surface area contributed by atoms with Crippen molar-refractivity contribution in [3.8, 4) is 11.8 Å². The van der Waals surface area contributed by atoms with Gasteiger partial charge in [0, 0.05) is 29.0 Å². The van der Waals surface area contributed by atoms with E-state index in [0.717, 1.165) is 17.0 Å². The molecule has 174 valence electrons. The van der Waals surface area contributed by atoms with Gasteiger partial charge in [0.2, 0.25) is 0 Å². The number of anilines is 1. The largest absolute Gasteiger partial charge is 0.435 e. The van der Waals surface area contributed by atoms with Gasteiger partial charge in [-0.3, -0.25) is 0 Å². The number of para-hydroxylation sites is 1. The lowest BCUT2D eigenvalue weighted by atomic mass is 9.93. The molecule has 0 aliphatic heterocycles. The van der Waals surface area contributed by atoms with Crippen molar-refractivity contribution in [1.29, 1.82) is 0 Å². The summed E-state index contributed by atoms with van der Waals surface area (Å²) in [6.45, 7) is 1.81. The molecule has 3 aromatic rings. The van der Waals surface area contributed by atoms with Crippen LogP contribution in [-0.2, 0) is 5.67 Å². The van der Waals surface area contributed by atoms with Crippen molar-refractivity contribution in [3.05, 3.63) is 64.9 Å². The zero-order valence-corrected chi connectivity index (χ0v) is 17.6. The summed E-state index contributed by atoms with van der Waals surface area (Å²) in [5.74, 6) is 5.91. The molecule has 3 nitrogen and oxygen atoms in total. The van der Waals surface area contributed by atoms with Crippen LogP contribution in [0, 0.1) is 11.8 Å². The standard InChI is InChI=1S/C22H15ClF7N3/c1-13(33-19-16-7-2-3-8-18(16)31-12-32-19)5-4-6-14-9-10-15(11-17(14)23)20(24,21(25,26)27)22(28,29)30/h2-3,7-13H,5H2,1H3,(H,31,32,33). The number of nitrogens with one attached hydrogen (secondary N) is 1. The van der Waals surface area contributed by atoms with Gasteiger partial charge in [-0.2, -0.15) is 26.3 Å². The third kappa shape index (κ3) is 4.98. The number of rotatable bonds is 4. The molecule has 33 heavy (non-hydrogen) atoms. The van der Waals surface area contributed by atoms with Crippen molar-refractivity contribution in [2.75, 3.05) is 5.32 Å². The monoisotopic (exact) mass is 489 g/mol. The molecule has 0 spiro atoms. The predicted molar refractivity (Wildman–Crippen MR) is 110 cm³/mol. The number of hydrogen-bond donors (Lipinski definition) is 1. The van der Waals surface area contributed by atoms with E-state index in [9.17, 15) is 30.7 Å². The van der Waals surface area contributed by atoms with Crippen LogP contribution in [0.4, 0.5) is 36.6 Å². The first-order valence-corrected chi connectivity index (χ1v) is 9.80. The van der Waals surface area contributed by atoms with E-state index in [4.69, 9.17) is 11.6 Å². The summed E-state index contributed by atoms with van der Waals surface area (Å²) in [6.07, 6.45) is -10.8. The average Bonchev–Trinajstić information content (AvgIpc) is 2.73. The van der Waals surface area contributed by atoms with Crippen LogP contribution < -0.4 is 5.32 Å². The molecular weight excluding hydrogens is 475 g/mol. The van der Waals surface area contributed by atoms with E-state index < -0.39 is 28.6 Å². The van der Waals surface area contributed by atoms with E-state index in [1.807, 2.05) is 24.3 Å². The Labute approximate surface area is 189 Å². The second-order valence-corrected chi connectivity index (χ2v) is 7.55. The minimum atomic E-state index is -6.21. The van der Waals surface area contributed by atoms with Crippen LogP contribution >= 0.6 is 11.6 Å². The van der Waals surface area contributed by atoms with Crippen LogP contribution in [0.25, 0.3) is 10.9 Å². The molecule has 0 bridgehead atoms. The van der Waals surface area contributed by atoms with E-state index in [2.05, 4.69) is 27.1 Å². The molecule has 2 aromatic carbocycles. The van der Waals surface area contributed by atoms with Gasteiger partial charge < -0.3 is 5.32 Å². The molecule has 0 saturated carbocycles. The molecule has 0 radical (unpaired) electrons. The van der Waals surface area contributed by atoms with E-state index >= 15 is 0 Å². The number of alkyl halides is 7. The maximum absolute atomic E-state index is 14.2. The Hall–Kier alpha value is -3.06. The summed E-state index contributed by atoms with van der Waals surface area (Å²) in [7, 11) is 0. The number of fused-ring (bicyclic) bond motifs is 1. The summed E-state index contributed by atoms with van der Waals surface area (Å²) < 4.78 is 91.6. The van der Waals surface area contributed by atoms with Gasteiger partial charge in [0.25, 0.3) is 0 Å². The van der Waals surface area contributed by atoms with Crippen molar-refractivity contribution in [2.24, 2.45) is 0 Å². The summed E-state index contributed by atoms with van der Waals surface area (Å²) in [5, 5.41) is 3.43. The molecule has 0 aliphatic rings. The minimum Gasteiger partial charge on any atom is -0.366 e. The number of aromatic nitrogens is 2. The topological polar surface area (TPSA) is 37.8 Å². The zero-order valence-electron chi connectivity index (χ0n) is 16.8. The van der Waals surface area contributed by atoms with Crippen LogP contribution in [0.3, 0.4) is 0 Å². The van der Waals surface area contributed by atoms with Crippen molar-refractivity contribution < 1.29 is 30.7 Å². The van der Waals surface area contributed by atoms with Crippen molar-refractivity contribution >= 4 is 28.3 Å². The Morgan fingerprint density at radius 2 is 1.64 bits per heavy atom. The van der Waals surface area contributed by atoms with Gasteiger partial charge in [0.1, 0.15) is 12.1 Å². The molecule has 1 heterocycles. The van der Waals surface area contributed by atoms with Crippen molar-refractivity contribution in [1.82, 2.24) is 9.97 Å².